The number of halogens is 1. The fourth-order valence-corrected chi connectivity index (χ4v) is 4.84. The van der Waals surface area contributed by atoms with Crippen molar-refractivity contribution in [1.82, 2.24) is 29.8 Å². The topological polar surface area (TPSA) is 110 Å². The summed E-state index contributed by atoms with van der Waals surface area (Å²) in [5.74, 6) is -0.704. The van der Waals surface area contributed by atoms with Gasteiger partial charge in [0, 0.05) is 32.0 Å². The number of amides is 2. The summed E-state index contributed by atoms with van der Waals surface area (Å²) in [4.78, 5) is 34.7. The van der Waals surface area contributed by atoms with Crippen LogP contribution in [0.2, 0.25) is 0 Å². The molecular formula is C23H20FN7O2S. The summed E-state index contributed by atoms with van der Waals surface area (Å²) in [6, 6.07) is 9.42. The number of fused-ring (bicyclic) bond motifs is 4. The maximum absolute atomic E-state index is 13.6. The molecule has 3 aromatic heterocycles. The minimum absolute atomic E-state index is 0.0506. The Kier molecular flexibility index (Phi) is 5.13. The van der Waals surface area contributed by atoms with Gasteiger partial charge in [0.1, 0.15) is 16.6 Å². The predicted octanol–water partition coefficient (Wildman–Crippen LogP) is 3.49. The Bertz CT molecular complexity index is 1610. The van der Waals surface area contributed by atoms with Gasteiger partial charge in [-0.3, -0.25) is 19.3 Å². The molecule has 2 aromatic carbocycles. The Hall–Kier alpha value is -4.12. The van der Waals surface area contributed by atoms with E-state index in [0.717, 1.165) is 10.9 Å². The molecule has 0 aliphatic heterocycles. The molecule has 0 atom stereocenters. The van der Waals surface area contributed by atoms with Crippen LogP contribution in [0.4, 0.5) is 10.2 Å². The van der Waals surface area contributed by atoms with E-state index in [1.807, 2.05) is 0 Å². The Morgan fingerprint density at radius 3 is 2.65 bits per heavy atom. The molecule has 5 aromatic rings. The van der Waals surface area contributed by atoms with Crippen molar-refractivity contribution in [3.8, 4) is 0 Å². The third-order valence-electron chi connectivity index (χ3n) is 5.69. The smallest absolute Gasteiger partial charge is 0.272 e. The van der Waals surface area contributed by atoms with Crippen molar-refractivity contribution >= 4 is 61.0 Å². The number of nitrogen functional groups attached to an aromatic ring is 1. The summed E-state index contributed by atoms with van der Waals surface area (Å²) in [6.07, 6.45) is 1.64. The number of aryl methyl sites for hydroxylation is 1. The molecular weight excluding hydrogens is 457 g/mol. The summed E-state index contributed by atoms with van der Waals surface area (Å²) in [5.41, 5.74) is 8.45. The van der Waals surface area contributed by atoms with Gasteiger partial charge in [-0.2, -0.15) is 5.10 Å². The van der Waals surface area contributed by atoms with E-state index in [1.54, 1.807) is 42.2 Å². The van der Waals surface area contributed by atoms with Gasteiger partial charge >= 0.3 is 0 Å². The molecule has 172 valence electrons. The van der Waals surface area contributed by atoms with Crippen molar-refractivity contribution in [2.75, 3.05) is 12.8 Å². The zero-order chi connectivity index (χ0) is 24.1. The molecule has 9 nitrogen and oxygen atoms in total. The number of benzene rings is 2. The third kappa shape index (κ3) is 3.59. The predicted molar refractivity (Wildman–Crippen MR) is 128 cm³/mol. The molecule has 3 heterocycles. The molecule has 0 aliphatic rings. The Morgan fingerprint density at radius 2 is 1.88 bits per heavy atom. The fraction of sp³-hybridized carbons (Fsp3) is 0.174. The van der Waals surface area contributed by atoms with E-state index >= 15 is 0 Å². The molecule has 2 N–H and O–H groups in total. The van der Waals surface area contributed by atoms with E-state index in [4.69, 9.17) is 5.73 Å². The molecule has 2 amide bonds. The number of nitrogens with zero attached hydrogens (tertiary/aromatic N) is 6. The number of carbonyl (C=O) groups is 2. The lowest BCUT2D eigenvalue weighted by Gasteiger charge is -2.30. The number of rotatable bonds is 3. The van der Waals surface area contributed by atoms with Crippen LogP contribution in [0, 0.1) is 5.82 Å². The van der Waals surface area contributed by atoms with Gasteiger partial charge in [0.05, 0.1) is 39.4 Å². The summed E-state index contributed by atoms with van der Waals surface area (Å²) in [7, 11) is 3.32. The number of hydrogen-bond acceptors (Lipinski definition) is 7. The van der Waals surface area contributed by atoms with Gasteiger partial charge in [0.2, 0.25) is 5.91 Å². The maximum Gasteiger partial charge on any atom is 0.272 e. The number of aromatic nitrogens is 4. The van der Waals surface area contributed by atoms with Crippen LogP contribution in [0.1, 0.15) is 22.3 Å². The van der Waals surface area contributed by atoms with E-state index in [-0.39, 0.29) is 18.3 Å². The first-order valence-corrected chi connectivity index (χ1v) is 11.2. The van der Waals surface area contributed by atoms with Crippen molar-refractivity contribution < 1.29 is 14.0 Å². The maximum atomic E-state index is 13.6. The van der Waals surface area contributed by atoms with Crippen LogP contribution in [0.3, 0.4) is 0 Å². The lowest BCUT2D eigenvalue weighted by atomic mass is 10.1. The molecule has 5 rings (SSSR count). The zero-order valence-electron chi connectivity index (χ0n) is 18.6. The molecule has 0 fully saturated rings. The van der Waals surface area contributed by atoms with Crippen LogP contribution in [-0.4, -0.2) is 48.6 Å². The van der Waals surface area contributed by atoms with Crippen molar-refractivity contribution in [2.45, 2.75) is 13.5 Å². The summed E-state index contributed by atoms with van der Waals surface area (Å²) < 4.78 is 16.0. The van der Waals surface area contributed by atoms with Crippen LogP contribution < -0.4 is 5.73 Å². The quantitative estimate of drug-likeness (QED) is 0.398. The van der Waals surface area contributed by atoms with Crippen molar-refractivity contribution in [3.63, 3.8) is 0 Å². The van der Waals surface area contributed by atoms with E-state index in [9.17, 15) is 14.0 Å². The van der Waals surface area contributed by atoms with Gasteiger partial charge in [-0.05, 0) is 36.4 Å². The van der Waals surface area contributed by atoms with E-state index in [1.165, 1.54) is 47.5 Å². The van der Waals surface area contributed by atoms with E-state index < -0.39 is 5.91 Å². The number of thiazole rings is 1. The van der Waals surface area contributed by atoms with E-state index in [2.05, 4.69) is 15.1 Å². The molecule has 0 unspecified atom stereocenters. The highest BCUT2D eigenvalue weighted by atomic mass is 32.1. The lowest BCUT2D eigenvalue weighted by molar-refractivity contribution is -0.140. The number of hydrazine groups is 1. The third-order valence-corrected chi connectivity index (χ3v) is 6.69. The number of nitrogens with two attached hydrogens (primary N) is 1. The van der Waals surface area contributed by atoms with Gasteiger partial charge < -0.3 is 5.73 Å². The van der Waals surface area contributed by atoms with E-state index in [0.29, 0.717) is 37.5 Å². The van der Waals surface area contributed by atoms with Gasteiger partial charge in [0.15, 0.2) is 0 Å². The average molecular weight is 478 g/mol. The first kappa shape index (κ1) is 21.7. The second-order valence-electron chi connectivity index (χ2n) is 7.88. The minimum atomic E-state index is -0.391. The Balaban J connectivity index is 1.57. The lowest BCUT2D eigenvalue weighted by Crippen LogP contribution is -2.46. The van der Waals surface area contributed by atoms with Crippen LogP contribution in [0.15, 0.2) is 42.6 Å². The highest BCUT2D eigenvalue weighted by Gasteiger charge is 2.25. The highest BCUT2D eigenvalue weighted by molar-refractivity contribution is 7.18. The first-order chi connectivity index (χ1) is 16.2. The molecule has 34 heavy (non-hydrogen) atoms. The molecule has 0 bridgehead atoms. The van der Waals surface area contributed by atoms with Gasteiger partial charge in [0.25, 0.3) is 5.91 Å². The normalized spacial score (nSPS) is 11.4. The molecule has 0 spiro atoms. The monoisotopic (exact) mass is 477 g/mol. The molecule has 11 heteroatoms. The number of carbonyl (C=O) groups excluding carboxylic acids is 2. The Labute approximate surface area is 197 Å². The number of pyridine rings is 1. The Morgan fingerprint density at radius 1 is 1.12 bits per heavy atom. The number of anilines is 1. The second-order valence-corrected chi connectivity index (χ2v) is 9.00. The summed E-state index contributed by atoms with van der Waals surface area (Å²) in [6.45, 7) is 1.43. The first-order valence-electron chi connectivity index (χ1n) is 10.3. The van der Waals surface area contributed by atoms with Crippen LogP contribution in [0.25, 0.3) is 32.0 Å². The van der Waals surface area contributed by atoms with Gasteiger partial charge in [-0.15, -0.1) is 11.3 Å². The highest BCUT2D eigenvalue weighted by Crippen LogP contribution is 2.29. The largest absolute Gasteiger partial charge is 0.383 e. The molecule has 0 aliphatic carbocycles. The summed E-state index contributed by atoms with van der Waals surface area (Å²) in [5, 5.41) is 8.82. The molecule has 0 saturated carbocycles. The fourth-order valence-electron chi connectivity index (χ4n) is 3.87. The molecule has 0 radical (unpaired) electrons. The average Bonchev–Trinajstić information content (AvgIpc) is 3.39. The van der Waals surface area contributed by atoms with Crippen LogP contribution >= 0.6 is 11.3 Å². The molecule has 0 saturated heterocycles. The SMILES string of the molecule is CC(=O)N(C)N(Cc1nc2ccc(F)cc2s1)C(=O)c1ccc2nc(N)c3cnn(C)c3c2c1. The number of hydrogen-bond donors (Lipinski definition) is 1. The van der Waals surface area contributed by atoms with Crippen molar-refractivity contribution in [2.24, 2.45) is 7.05 Å². The van der Waals surface area contributed by atoms with Crippen molar-refractivity contribution in [3.05, 3.63) is 59.0 Å². The van der Waals surface area contributed by atoms with Crippen LogP contribution in [-0.2, 0) is 18.4 Å². The summed E-state index contributed by atoms with van der Waals surface area (Å²) >= 11 is 1.27. The minimum Gasteiger partial charge on any atom is -0.383 e. The van der Waals surface area contributed by atoms with Crippen LogP contribution in [0.5, 0.6) is 0 Å². The van der Waals surface area contributed by atoms with Crippen molar-refractivity contribution in [1.29, 1.82) is 0 Å². The zero-order valence-corrected chi connectivity index (χ0v) is 19.4. The van der Waals surface area contributed by atoms with Gasteiger partial charge in [-0.25, -0.2) is 19.4 Å². The van der Waals surface area contributed by atoms with Gasteiger partial charge in [-0.1, -0.05) is 0 Å². The second kappa shape index (κ2) is 8.03. The standard InChI is InChI=1S/C23H20FN7O2S/c1-12(32)30(3)31(11-20-27-18-7-5-14(24)9-19(18)34-20)23(33)13-4-6-17-15(8-13)21-16(22(25)28-17)10-26-29(21)2/h4-10H,11H2,1-3H3,(H2,25,28).